The first-order valence-corrected chi connectivity index (χ1v) is 9.99. The molecule has 0 unspecified atom stereocenters. The number of amides is 1. The standard InChI is InChI=1S/C23H24N4O3/c1-17-8-9-18(2)26(17)22-16-20(27(29)30)10-11-21(22)24-12-14-25(15-13-24)23(28)19-6-4-3-5-7-19/h3-11,16H,12-15H2,1-2H3. The first kappa shape index (κ1) is 19.7. The number of aromatic nitrogens is 1. The van der Waals surface area contributed by atoms with E-state index < -0.39 is 0 Å². The summed E-state index contributed by atoms with van der Waals surface area (Å²) >= 11 is 0. The molecule has 154 valence electrons. The van der Waals surface area contributed by atoms with Gasteiger partial charge in [-0.2, -0.15) is 0 Å². The van der Waals surface area contributed by atoms with E-state index in [2.05, 4.69) is 4.90 Å². The van der Waals surface area contributed by atoms with Gasteiger partial charge in [0.05, 0.1) is 16.3 Å². The maximum absolute atomic E-state index is 12.7. The molecule has 1 aromatic heterocycles. The van der Waals surface area contributed by atoms with Crippen LogP contribution in [0, 0.1) is 24.0 Å². The third-order valence-electron chi connectivity index (χ3n) is 5.61. The van der Waals surface area contributed by atoms with E-state index in [4.69, 9.17) is 0 Å². The fourth-order valence-electron chi connectivity index (χ4n) is 4.03. The van der Waals surface area contributed by atoms with Crippen molar-refractivity contribution in [3.05, 3.63) is 87.7 Å². The van der Waals surface area contributed by atoms with Crippen LogP contribution in [0.4, 0.5) is 11.4 Å². The van der Waals surface area contributed by atoms with Crippen molar-refractivity contribution < 1.29 is 9.72 Å². The number of nitro benzene ring substituents is 1. The van der Waals surface area contributed by atoms with E-state index in [0.29, 0.717) is 31.7 Å². The van der Waals surface area contributed by atoms with E-state index in [1.807, 2.05) is 71.8 Å². The Bertz CT molecular complexity index is 1060. The summed E-state index contributed by atoms with van der Waals surface area (Å²) in [6.45, 7) is 6.53. The Hall–Kier alpha value is -3.61. The Morgan fingerprint density at radius 1 is 0.867 bits per heavy atom. The topological polar surface area (TPSA) is 71.6 Å². The highest BCUT2D eigenvalue weighted by Gasteiger charge is 2.25. The molecule has 0 radical (unpaired) electrons. The number of nitrogens with zero attached hydrogens (tertiary/aromatic N) is 4. The second-order valence-electron chi connectivity index (χ2n) is 7.53. The van der Waals surface area contributed by atoms with Crippen LogP contribution in [0.5, 0.6) is 0 Å². The summed E-state index contributed by atoms with van der Waals surface area (Å²) in [5.41, 5.74) is 4.54. The lowest BCUT2D eigenvalue weighted by Crippen LogP contribution is -2.49. The van der Waals surface area contributed by atoms with Crippen molar-refractivity contribution in [2.24, 2.45) is 0 Å². The second-order valence-corrected chi connectivity index (χ2v) is 7.53. The molecular weight excluding hydrogens is 380 g/mol. The molecule has 1 fully saturated rings. The normalized spacial score (nSPS) is 14.1. The van der Waals surface area contributed by atoms with Gasteiger partial charge in [-0.15, -0.1) is 0 Å². The molecule has 4 rings (SSSR count). The number of nitro groups is 1. The van der Waals surface area contributed by atoms with Gasteiger partial charge in [-0.3, -0.25) is 14.9 Å². The number of hydrogen-bond acceptors (Lipinski definition) is 4. The zero-order valence-corrected chi connectivity index (χ0v) is 17.1. The summed E-state index contributed by atoms with van der Waals surface area (Å²) in [6.07, 6.45) is 0. The minimum Gasteiger partial charge on any atom is -0.366 e. The highest BCUT2D eigenvalue weighted by molar-refractivity contribution is 5.94. The molecule has 1 saturated heterocycles. The third-order valence-corrected chi connectivity index (χ3v) is 5.61. The van der Waals surface area contributed by atoms with Crippen molar-refractivity contribution in [1.82, 2.24) is 9.47 Å². The van der Waals surface area contributed by atoms with Crippen LogP contribution < -0.4 is 4.90 Å². The third kappa shape index (κ3) is 3.66. The van der Waals surface area contributed by atoms with Gasteiger partial charge >= 0.3 is 0 Å². The number of piperazine rings is 1. The Labute approximate surface area is 175 Å². The van der Waals surface area contributed by atoms with Crippen LogP contribution in [-0.2, 0) is 0 Å². The number of non-ortho nitro benzene ring substituents is 1. The molecule has 0 spiro atoms. The van der Waals surface area contributed by atoms with Crippen LogP contribution in [0.1, 0.15) is 21.7 Å². The zero-order valence-electron chi connectivity index (χ0n) is 17.1. The molecule has 1 amide bonds. The van der Waals surface area contributed by atoms with Gasteiger partial charge in [0.2, 0.25) is 0 Å². The van der Waals surface area contributed by atoms with Crippen LogP contribution in [0.25, 0.3) is 5.69 Å². The molecule has 7 nitrogen and oxygen atoms in total. The van der Waals surface area contributed by atoms with Gasteiger partial charge < -0.3 is 14.4 Å². The average Bonchev–Trinajstić information content (AvgIpc) is 3.11. The highest BCUT2D eigenvalue weighted by Crippen LogP contribution is 2.32. The lowest BCUT2D eigenvalue weighted by atomic mass is 10.1. The van der Waals surface area contributed by atoms with Crippen LogP contribution >= 0.6 is 0 Å². The summed E-state index contributed by atoms with van der Waals surface area (Å²) in [6, 6.07) is 18.3. The van der Waals surface area contributed by atoms with E-state index in [1.54, 1.807) is 12.1 Å². The molecule has 1 aliphatic rings. The minimum absolute atomic E-state index is 0.0382. The fourth-order valence-corrected chi connectivity index (χ4v) is 4.03. The molecule has 0 aliphatic carbocycles. The zero-order chi connectivity index (χ0) is 21.3. The van der Waals surface area contributed by atoms with Crippen LogP contribution in [-0.4, -0.2) is 46.5 Å². The van der Waals surface area contributed by atoms with Gasteiger partial charge in [0.15, 0.2) is 0 Å². The Morgan fingerprint density at radius 2 is 1.50 bits per heavy atom. The number of carbonyl (C=O) groups is 1. The molecule has 0 atom stereocenters. The largest absolute Gasteiger partial charge is 0.366 e. The van der Waals surface area contributed by atoms with E-state index in [0.717, 1.165) is 22.8 Å². The van der Waals surface area contributed by atoms with E-state index in [-0.39, 0.29) is 16.5 Å². The van der Waals surface area contributed by atoms with Gasteiger partial charge in [-0.05, 0) is 44.2 Å². The van der Waals surface area contributed by atoms with E-state index >= 15 is 0 Å². The molecule has 2 aromatic carbocycles. The maximum atomic E-state index is 12.7. The SMILES string of the molecule is Cc1ccc(C)n1-c1cc([N+](=O)[O-])ccc1N1CCN(C(=O)c2ccccc2)CC1. The molecule has 3 aromatic rings. The summed E-state index contributed by atoms with van der Waals surface area (Å²) in [4.78, 5) is 27.8. The van der Waals surface area contributed by atoms with Crippen molar-refractivity contribution in [1.29, 1.82) is 0 Å². The molecule has 2 heterocycles. The monoisotopic (exact) mass is 404 g/mol. The number of anilines is 1. The van der Waals surface area contributed by atoms with Gasteiger partial charge in [0, 0.05) is 55.3 Å². The predicted octanol–water partition coefficient (Wildman–Crippen LogP) is 3.96. The molecule has 0 bridgehead atoms. The number of carbonyl (C=O) groups excluding carboxylic acids is 1. The smallest absolute Gasteiger partial charge is 0.271 e. The second kappa shape index (κ2) is 8.02. The molecular formula is C23H24N4O3. The van der Waals surface area contributed by atoms with E-state index in [1.165, 1.54) is 0 Å². The number of benzene rings is 2. The Morgan fingerprint density at radius 3 is 2.10 bits per heavy atom. The van der Waals surface area contributed by atoms with Crippen molar-refractivity contribution in [2.75, 3.05) is 31.1 Å². The lowest BCUT2D eigenvalue weighted by molar-refractivity contribution is -0.384. The Balaban J connectivity index is 1.61. The van der Waals surface area contributed by atoms with Crippen LogP contribution in [0.15, 0.2) is 60.7 Å². The first-order valence-electron chi connectivity index (χ1n) is 9.99. The predicted molar refractivity (Wildman–Crippen MR) is 116 cm³/mol. The van der Waals surface area contributed by atoms with Crippen LogP contribution in [0.2, 0.25) is 0 Å². The Kier molecular flexibility index (Phi) is 5.27. The quantitative estimate of drug-likeness (QED) is 0.487. The molecule has 7 heteroatoms. The highest BCUT2D eigenvalue weighted by atomic mass is 16.6. The van der Waals surface area contributed by atoms with Crippen LogP contribution in [0.3, 0.4) is 0 Å². The van der Waals surface area contributed by atoms with Gasteiger partial charge in [0.25, 0.3) is 11.6 Å². The molecule has 0 saturated carbocycles. The fraction of sp³-hybridized carbons (Fsp3) is 0.261. The summed E-state index contributed by atoms with van der Waals surface area (Å²) < 4.78 is 2.05. The van der Waals surface area contributed by atoms with E-state index in [9.17, 15) is 14.9 Å². The summed E-state index contributed by atoms with van der Waals surface area (Å²) in [5.74, 6) is 0.0382. The van der Waals surface area contributed by atoms with Gasteiger partial charge in [0.1, 0.15) is 0 Å². The van der Waals surface area contributed by atoms with Crippen molar-refractivity contribution >= 4 is 17.3 Å². The van der Waals surface area contributed by atoms with Crippen molar-refractivity contribution in [2.45, 2.75) is 13.8 Å². The minimum atomic E-state index is -0.363. The number of hydrogen-bond donors (Lipinski definition) is 0. The van der Waals surface area contributed by atoms with Crippen molar-refractivity contribution in [3.63, 3.8) is 0 Å². The maximum Gasteiger partial charge on any atom is 0.271 e. The van der Waals surface area contributed by atoms with Gasteiger partial charge in [-0.25, -0.2) is 0 Å². The summed E-state index contributed by atoms with van der Waals surface area (Å²) in [5, 5.41) is 11.4. The molecule has 0 N–H and O–H groups in total. The molecule has 30 heavy (non-hydrogen) atoms. The first-order chi connectivity index (χ1) is 14.5. The lowest BCUT2D eigenvalue weighted by Gasteiger charge is -2.37. The molecule has 1 aliphatic heterocycles. The van der Waals surface area contributed by atoms with Crippen molar-refractivity contribution in [3.8, 4) is 5.69 Å². The number of rotatable bonds is 4. The summed E-state index contributed by atoms with van der Waals surface area (Å²) in [7, 11) is 0. The number of aryl methyl sites for hydroxylation is 2. The van der Waals surface area contributed by atoms with Gasteiger partial charge in [-0.1, -0.05) is 18.2 Å². The average molecular weight is 404 g/mol.